The lowest BCUT2D eigenvalue weighted by Crippen LogP contribution is -2.30. The molecule has 3 heterocycles. The van der Waals surface area contributed by atoms with Crippen molar-refractivity contribution in [2.75, 3.05) is 41.3 Å². The van der Waals surface area contributed by atoms with Crippen molar-refractivity contribution in [2.24, 2.45) is 0 Å². The number of nitrogens with one attached hydrogen (secondary N) is 2. The van der Waals surface area contributed by atoms with Crippen molar-refractivity contribution in [3.63, 3.8) is 0 Å². The van der Waals surface area contributed by atoms with Crippen molar-refractivity contribution in [2.45, 2.75) is 25.7 Å². The predicted molar refractivity (Wildman–Crippen MR) is 108 cm³/mol. The number of carbonyl (C=O) groups is 2. The number of aromatic nitrogens is 1. The standard InChI is InChI=1S/C19H23N5O2S/c25-17(12-14-13-27-19(21-14)24-11-8-20-18(24)26)22-15-6-2-3-7-16(15)23-9-4-1-5-10-23/h2-3,6-7,13H,1,4-5,8-12H2,(H,20,26)(H,22,25). The Balaban J connectivity index is 1.41. The molecular formula is C19H23N5O2S. The molecule has 7 nitrogen and oxygen atoms in total. The highest BCUT2D eigenvalue weighted by Crippen LogP contribution is 2.28. The SMILES string of the molecule is O=C(Cc1csc(N2CCNC2=O)n1)Nc1ccccc1N1CCCCC1. The van der Waals surface area contributed by atoms with Crippen LogP contribution < -0.4 is 20.4 Å². The van der Waals surface area contributed by atoms with Gasteiger partial charge < -0.3 is 15.5 Å². The number of urea groups is 1. The van der Waals surface area contributed by atoms with Gasteiger partial charge in [-0.05, 0) is 31.4 Å². The minimum atomic E-state index is -0.129. The highest BCUT2D eigenvalue weighted by Gasteiger charge is 2.24. The molecular weight excluding hydrogens is 362 g/mol. The average molecular weight is 385 g/mol. The molecule has 8 heteroatoms. The third kappa shape index (κ3) is 4.05. The number of benzene rings is 1. The molecule has 1 aromatic heterocycles. The number of amides is 3. The summed E-state index contributed by atoms with van der Waals surface area (Å²) in [7, 11) is 0. The van der Waals surface area contributed by atoms with Crippen molar-refractivity contribution in [3.05, 3.63) is 35.3 Å². The van der Waals surface area contributed by atoms with Crippen LogP contribution in [0.5, 0.6) is 0 Å². The second-order valence-electron chi connectivity index (χ2n) is 6.79. The van der Waals surface area contributed by atoms with Gasteiger partial charge in [0.25, 0.3) is 0 Å². The molecule has 1 aromatic carbocycles. The molecule has 27 heavy (non-hydrogen) atoms. The molecule has 4 rings (SSSR count). The summed E-state index contributed by atoms with van der Waals surface area (Å²) >= 11 is 1.39. The van der Waals surface area contributed by atoms with Gasteiger partial charge in [0.2, 0.25) is 5.91 Å². The van der Waals surface area contributed by atoms with E-state index in [1.807, 2.05) is 23.6 Å². The van der Waals surface area contributed by atoms with E-state index in [9.17, 15) is 9.59 Å². The second-order valence-corrected chi connectivity index (χ2v) is 7.63. The Morgan fingerprint density at radius 3 is 2.78 bits per heavy atom. The zero-order chi connectivity index (χ0) is 18.6. The first-order valence-corrected chi connectivity index (χ1v) is 10.2. The Bertz CT molecular complexity index is 831. The highest BCUT2D eigenvalue weighted by atomic mass is 32.1. The molecule has 0 unspecified atom stereocenters. The van der Waals surface area contributed by atoms with E-state index in [1.165, 1.54) is 30.6 Å². The van der Waals surface area contributed by atoms with Crippen molar-refractivity contribution in [1.29, 1.82) is 0 Å². The van der Waals surface area contributed by atoms with Gasteiger partial charge in [0.15, 0.2) is 5.13 Å². The van der Waals surface area contributed by atoms with Crippen LogP contribution in [0, 0.1) is 0 Å². The van der Waals surface area contributed by atoms with Crippen molar-refractivity contribution in [1.82, 2.24) is 10.3 Å². The lowest BCUT2D eigenvalue weighted by molar-refractivity contribution is -0.115. The van der Waals surface area contributed by atoms with Gasteiger partial charge in [0.05, 0.1) is 23.5 Å². The zero-order valence-corrected chi connectivity index (χ0v) is 15.9. The highest BCUT2D eigenvalue weighted by molar-refractivity contribution is 7.14. The topological polar surface area (TPSA) is 77.6 Å². The summed E-state index contributed by atoms with van der Waals surface area (Å²) in [5.74, 6) is -0.0952. The molecule has 2 fully saturated rings. The smallest absolute Gasteiger partial charge is 0.323 e. The van der Waals surface area contributed by atoms with E-state index in [0.717, 1.165) is 24.5 Å². The van der Waals surface area contributed by atoms with Crippen LogP contribution >= 0.6 is 11.3 Å². The van der Waals surface area contributed by atoms with E-state index >= 15 is 0 Å². The summed E-state index contributed by atoms with van der Waals surface area (Å²) < 4.78 is 0. The van der Waals surface area contributed by atoms with Crippen LogP contribution in [-0.2, 0) is 11.2 Å². The fourth-order valence-corrected chi connectivity index (χ4v) is 4.35. The van der Waals surface area contributed by atoms with Crippen LogP contribution in [0.25, 0.3) is 0 Å². The molecule has 3 amide bonds. The van der Waals surface area contributed by atoms with E-state index in [2.05, 4.69) is 26.6 Å². The van der Waals surface area contributed by atoms with Gasteiger partial charge in [-0.3, -0.25) is 9.69 Å². The van der Waals surface area contributed by atoms with E-state index in [-0.39, 0.29) is 18.4 Å². The summed E-state index contributed by atoms with van der Waals surface area (Å²) in [5, 5.41) is 8.28. The third-order valence-electron chi connectivity index (χ3n) is 4.84. The number of carbonyl (C=O) groups excluding carboxylic acids is 2. The maximum Gasteiger partial charge on any atom is 0.323 e. The predicted octanol–water partition coefficient (Wildman–Crippen LogP) is 2.84. The van der Waals surface area contributed by atoms with Crippen LogP contribution in [0.3, 0.4) is 0 Å². The Morgan fingerprint density at radius 1 is 1.19 bits per heavy atom. The molecule has 2 aromatic rings. The Hall–Kier alpha value is -2.61. The second kappa shape index (κ2) is 7.96. The largest absolute Gasteiger partial charge is 0.370 e. The molecule has 2 aliphatic heterocycles. The first-order valence-electron chi connectivity index (χ1n) is 9.34. The number of rotatable bonds is 5. The quantitative estimate of drug-likeness (QED) is 0.830. The molecule has 2 N–H and O–H groups in total. The summed E-state index contributed by atoms with van der Waals surface area (Å²) in [6, 6.07) is 7.83. The van der Waals surface area contributed by atoms with Crippen LogP contribution in [0.15, 0.2) is 29.6 Å². The average Bonchev–Trinajstić information content (AvgIpc) is 3.31. The maximum atomic E-state index is 12.6. The summed E-state index contributed by atoms with van der Waals surface area (Å²) in [5.41, 5.74) is 2.61. The van der Waals surface area contributed by atoms with Crippen molar-refractivity contribution < 1.29 is 9.59 Å². The van der Waals surface area contributed by atoms with Crippen LogP contribution in [0.2, 0.25) is 0 Å². The molecule has 0 aliphatic carbocycles. The molecule has 0 spiro atoms. The number of piperidine rings is 1. The van der Waals surface area contributed by atoms with Gasteiger partial charge >= 0.3 is 6.03 Å². The molecule has 0 atom stereocenters. The number of nitrogens with zero attached hydrogens (tertiary/aromatic N) is 3. The maximum absolute atomic E-state index is 12.6. The normalized spacial score (nSPS) is 17.1. The molecule has 0 bridgehead atoms. The van der Waals surface area contributed by atoms with Gasteiger partial charge in [-0.25, -0.2) is 9.78 Å². The summed E-state index contributed by atoms with van der Waals surface area (Å²) in [6.45, 7) is 3.29. The molecule has 2 aliphatic rings. The Morgan fingerprint density at radius 2 is 2.00 bits per heavy atom. The zero-order valence-electron chi connectivity index (χ0n) is 15.1. The minimum Gasteiger partial charge on any atom is -0.370 e. The fraction of sp³-hybridized carbons (Fsp3) is 0.421. The van der Waals surface area contributed by atoms with Gasteiger partial charge in [-0.2, -0.15) is 0 Å². The van der Waals surface area contributed by atoms with Crippen LogP contribution in [0.4, 0.5) is 21.3 Å². The van der Waals surface area contributed by atoms with Crippen LogP contribution in [-0.4, -0.2) is 43.1 Å². The van der Waals surface area contributed by atoms with Gasteiger partial charge in [0.1, 0.15) is 0 Å². The lowest BCUT2D eigenvalue weighted by atomic mass is 10.1. The number of anilines is 3. The van der Waals surface area contributed by atoms with E-state index < -0.39 is 0 Å². The minimum absolute atomic E-state index is 0.0952. The molecule has 2 saturated heterocycles. The fourth-order valence-electron chi connectivity index (χ4n) is 3.50. The number of hydrogen-bond acceptors (Lipinski definition) is 5. The molecule has 0 radical (unpaired) electrons. The lowest BCUT2D eigenvalue weighted by Gasteiger charge is -2.30. The van der Waals surface area contributed by atoms with Gasteiger partial charge in [-0.15, -0.1) is 11.3 Å². The first-order chi connectivity index (χ1) is 13.2. The summed E-state index contributed by atoms with van der Waals surface area (Å²) in [6.07, 6.45) is 3.84. The van der Waals surface area contributed by atoms with Crippen molar-refractivity contribution >= 4 is 39.8 Å². The number of thiazole rings is 1. The Labute approximate surface area is 162 Å². The van der Waals surface area contributed by atoms with E-state index in [0.29, 0.717) is 23.9 Å². The number of para-hydroxylation sites is 2. The Kier molecular flexibility index (Phi) is 5.24. The first kappa shape index (κ1) is 17.8. The van der Waals surface area contributed by atoms with Gasteiger partial charge in [-0.1, -0.05) is 12.1 Å². The van der Waals surface area contributed by atoms with Gasteiger partial charge in [0, 0.05) is 31.6 Å². The monoisotopic (exact) mass is 385 g/mol. The van der Waals surface area contributed by atoms with E-state index in [4.69, 9.17) is 0 Å². The van der Waals surface area contributed by atoms with Crippen LogP contribution in [0.1, 0.15) is 25.0 Å². The van der Waals surface area contributed by atoms with Crippen molar-refractivity contribution in [3.8, 4) is 0 Å². The third-order valence-corrected chi connectivity index (χ3v) is 5.76. The molecule has 0 saturated carbocycles. The molecule has 142 valence electrons. The number of hydrogen-bond donors (Lipinski definition) is 2. The summed E-state index contributed by atoms with van der Waals surface area (Å²) in [4.78, 5) is 32.7. The van der Waals surface area contributed by atoms with E-state index in [1.54, 1.807) is 4.90 Å².